The lowest BCUT2D eigenvalue weighted by atomic mass is 10.0. The van der Waals surface area contributed by atoms with E-state index in [1.807, 2.05) is 6.08 Å². The van der Waals surface area contributed by atoms with Crippen LogP contribution in [0.4, 0.5) is 0 Å². The van der Waals surface area contributed by atoms with Gasteiger partial charge in [0.2, 0.25) is 15.9 Å². The van der Waals surface area contributed by atoms with Gasteiger partial charge in [-0.15, -0.1) is 0 Å². The molecule has 1 aliphatic rings. The molecule has 1 amide bonds. The minimum absolute atomic E-state index is 0.0427. The van der Waals surface area contributed by atoms with Crippen LogP contribution < -0.4 is 10.0 Å². The summed E-state index contributed by atoms with van der Waals surface area (Å²) >= 11 is 0. The number of hydrogen-bond acceptors (Lipinski definition) is 3. The molecule has 5 nitrogen and oxygen atoms in total. The van der Waals surface area contributed by atoms with Gasteiger partial charge in [0, 0.05) is 12.6 Å². The summed E-state index contributed by atoms with van der Waals surface area (Å²) in [6.45, 7) is 2.08. The molecule has 1 atom stereocenters. The molecule has 0 saturated heterocycles. The fourth-order valence-corrected chi connectivity index (χ4v) is 3.48. The van der Waals surface area contributed by atoms with Gasteiger partial charge in [-0.25, -0.2) is 13.1 Å². The third-order valence-corrected chi connectivity index (χ3v) is 5.09. The van der Waals surface area contributed by atoms with Crippen LogP contribution >= 0.6 is 0 Å². The molecule has 1 unspecified atom stereocenters. The zero-order valence-corrected chi connectivity index (χ0v) is 13.5. The van der Waals surface area contributed by atoms with E-state index in [-0.39, 0.29) is 23.3 Å². The van der Waals surface area contributed by atoms with Gasteiger partial charge in [-0.1, -0.05) is 31.2 Å². The molecule has 0 aliphatic heterocycles. The van der Waals surface area contributed by atoms with Crippen molar-refractivity contribution in [1.29, 1.82) is 0 Å². The highest BCUT2D eigenvalue weighted by molar-refractivity contribution is 7.89. The standard InChI is InChI=1S/C16H22N2O3S/c1-2-17-22(20,21)15-10-8-13(9-11-15)12-16(19)18-14-6-4-3-5-7-14/h4,6,8-11,14,17H,2-3,5,7,12H2,1H3,(H,18,19). The van der Waals surface area contributed by atoms with Gasteiger partial charge in [0.1, 0.15) is 0 Å². The van der Waals surface area contributed by atoms with Gasteiger partial charge in [0.05, 0.1) is 11.3 Å². The van der Waals surface area contributed by atoms with E-state index in [4.69, 9.17) is 0 Å². The molecule has 120 valence electrons. The van der Waals surface area contributed by atoms with Gasteiger partial charge in [0.15, 0.2) is 0 Å². The van der Waals surface area contributed by atoms with Crippen LogP contribution in [0, 0.1) is 0 Å². The highest BCUT2D eigenvalue weighted by Crippen LogP contribution is 2.12. The highest BCUT2D eigenvalue weighted by Gasteiger charge is 2.14. The highest BCUT2D eigenvalue weighted by atomic mass is 32.2. The fraction of sp³-hybridized carbons (Fsp3) is 0.438. The largest absolute Gasteiger partial charge is 0.350 e. The van der Waals surface area contributed by atoms with Crippen molar-refractivity contribution in [1.82, 2.24) is 10.0 Å². The Bertz CT molecular complexity index is 636. The van der Waals surface area contributed by atoms with Crippen LogP contribution in [0.3, 0.4) is 0 Å². The maximum absolute atomic E-state index is 12.0. The Balaban J connectivity index is 1.94. The van der Waals surface area contributed by atoms with Crippen molar-refractivity contribution in [3.63, 3.8) is 0 Å². The first kappa shape index (κ1) is 16.7. The molecule has 0 heterocycles. The van der Waals surface area contributed by atoms with Crippen LogP contribution in [0.15, 0.2) is 41.3 Å². The van der Waals surface area contributed by atoms with E-state index >= 15 is 0 Å². The SMILES string of the molecule is CCNS(=O)(=O)c1ccc(CC(=O)NC2C=CCCC2)cc1. The molecule has 1 aromatic carbocycles. The normalized spacial score (nSPS) is 18.1. The Labute approximate surface area is 131 Å². The lowest BCUT2D eigenvalue weighted by Gasteiger charge is -2.17. The average Bonchev–Trinajstić information content (AvgIpc) is 2.48. The number of rotatable bonds is 6. The Morgan fingerprint density at radius 2 is 2.00 bits per heavy atom. The fourth-order valence-electron chi connectivity index (χ4n) is 2.44. The molecule has 0 fully saturated rings. The lowest BCUT2D eigenvalue weighted by Crippen LogP contribution is -2.35. The first-order chi connectivity index (χ1) is 10.5. The van der Waals surface area contributed by atoms with E-state index in [0.717, 1.165) is 24.8 Å². The minimum atomic E-state index is -3.44. The van der Waals surface area contributed by atoms with Gasteiger partial charge in [-0.3, -0.25) is 4.79 Å². The van der Waals surface area contributed by atoms with Gasteiger partial charge >= 0.3 is 0 Å². The van der Waals surface area contributed by atoms with Gasteiger partial charge in [-0.05, 0) is 37.0 Å². The smallest absolute Gasteiger partial charge is 0.240 e. The Morgan fingerprint density at radius 3 is 2.59 bits per heavy atom. The molecule has 1 aliphatic carbocycles. The third-order valence-electron chi connectivity index (χ3n) is 3.53. The molecule has 0 spiro atoms. The third kappa shape index (κ3) is 4.68. The average molecular weight is 322 g/mol. The number of allylic oxidation sites excluding steroid dienone is 1. The number of sulfonamides is 1. The number of carbonyl (C=O) groups is 1. The van der Waals surface area contributed by atoms with Gasteiger partial charge in [0.25, 0.3) is 0 Å². The molecular formula is C16H22N2O3S. The Kier molecular flexibility index (Phi) is 5.74. The topological polar surface area (TPSA) is 75.3 Å². The molecule has 2 rings (SSSR count). The molecule has 2 N–H and O–H groups in total. The quantitative estimate of drug-likeness (QED) is 0.784. The van der Waals surface area contributed by atoms with Crippen LogP contribution in [-0.4, -0.2) is 26.9 Å². The van der Waals surface area contributed by atoms with E-state index in [1.54, 1.807) is 19.1 Å². The first-order valence-electron chi connectivity index (χ1n) is 7.56. The van der Waals surface area contributed by atoms with Crippen molar-refractivity contribution in [2.45, 2.75) is 43.5 Å². The second-order valence-electron chi connectivity index (χ2n) is 5.36. The van der Waals surface area contributed by atoms with Crippen LogP contribution in [0.2, 0.25) is 0 Å². The summed E-state index contributed by atoms with van der Waals surface area (Å²) in [6.07, 6.45) is 7.53. The molecule has 0 radical (unpaired) electrons. The second kappa shape index (κ2) is 7.56. The summed E-state index contributed by atoms with van der Waals surface area (Å²) in [5.74, 6) is -0.0427. The second-order valence-corrected chi connectivity index (χ2v) is 7.12. The summed E-state index contributed by atoms with van der Waals surface area (Å²) in [4.78, 5) is 12.2. The van der Waals surface area contributed by atoms with E-state index in [2.05, 4.69) is 16.1 Å². The van der Waals surface area contributed by atoms with Crippen LogP contribution in [0.1, 0.15) is 31.7 Å². The van der Waals surface area contributed by atoms with Crippen molar-refractivity contribution < 1.29 is 13.2 Å². The lowest BCUT2D eigenvalue weighted by molar-refractivity contribution is -0.120. The number of nitrogens with one attached hydrogen (secondary N) is 2. The van der Waals surface area contributed by atoms with Crippen LogP contribution in [0.25, 0.3) is 0 Å². The summed E-state index contributed by atoms with van der Waals surface area (Å²) in [7, 11) is -3.44. The van der Waals surface area contributed by atoms with E-state index in [9.17, 15) is 13.2 Å². The molecule has 1 aromatic rings. The van der Waals surface area contributed by atoms with Crippen molar-refractivity contribution >= 4 is 15.9 Å². The predicted octanol–water partition coefficient (Wildman–Crippen LogP) is 1.75. The summed E-state index contributed by atoms with van der Waals surface area (Å²) < 4.78 is 26.1. The molecule has 0 aromatic heterocycles. The molecule has 0 saturated carbocycles. The summed E-state index contributed by atoms with van der Waals surface area (Å²) in [5, 5.41) is 2.98. The Hall–Kier alpha value is -1.66. The maximum atomic E-state index is 12.0. The first-order valence-corrected chi connectivity index (χ1v) is 9.04. The Morgan fingerprint density at radius 1 is 1.27 bits per heavy atom. The number of carbonyl (C=O) groups excluding carboxylic acids is 1. The molecule has 22 heavy (non-hydrogen) atoms. The van der Waals surface area contributed by atoms with E-state index in [0.29, 0.717) is 6.54 Å². The zero-order valence-electron chi connectivity index (χ0n) is 12.7. The van der Waals surface area contributed by atoms with Crippen molar-refractivity contribution in [2.75, 3.05) is 6.54 Å². The monoisotopic (exact) mass is 322 g/mol. The van der Waals surface area contributed by atoms with Crippen LogP contribution in [0.5, 0.6) is 0 Å². The van der Waals surface area contributed by atoms with Crippen molar-refractivity contribution in [2.24, 2.45) is 0 Å². The number of benzene rings is 1. The molecule has 6 heteroatoms. The number of hydrogen-bond donors (Lipinski definition) is 2. The molecular weight excluding hydrogens is 300 g/mol. The van der Waals surface area contributed by atoms with Gasteiger partial charge < -0.3 is 5.32 Å². The van der Waals surface area contributed by atoms with Gasteiger partial charge in [-0.2, -0.15) is 0 Å². The molecule has 0 bridgehead atoms. The minimum Gasteiger partial charge on any atom is -0.350 e. The summed E-state index contributed by atoms with van der Waals surface area (Å²) in [6, 6.07) is 6.54. The van der Waals surface area contributed by atoms with Crippen molar-refractivity contribution in [3.8, 4) is 0 Å². The van der Waals surface area contributed by atoms with Crippen molar-refractivity contribution in [3.05, 3.63) is 42.0 Å². The van der Waals surface area contributed by atoms with E-state index < -0.39 is 10.0 Å². The predicted molar refractivity (Wildman–Crippen MR) is 85.9 cm³/mol. The maximum Gasteiger partial charge on any atom is 0.240 e. The number of amides is 1. The van der Waals surface area contributed by atoms with Crippen LogP contribution in [-0.2, 0) is 21.2 Å². The van der Waals surface area contributed by atoms with E-state index in [1.165, 1.54) is 12.1 Å². The zero-order chi connectivity index (χ0) is 16.0. The summed E-state index contributed by atoms with van der Waals surface area (Å²) in [5.41, 5.74) is 0.799.